The summed E-state index contributed by atoms with van der Waals surface area (Å²) in [5.41, 5.74) is -1.51. The van der Waals surface area contributed by atoms with Crippen LogP contribution in [0.3, 0.4) is 0 Å². The number of carbonyl (C=O) groups is 1. The summed E-state index contributed by atoms with van der Waals surface area (Å²) in [6.45, 7) is -0.595. The van der Waals surface area contributed by atoms with Gasteiger partial charge >= 0.3 is 6.09 Å². The number of alkyl carbamates (subject to hydrolysis) is 1. The molecule has 0 aromatic carbocycles. The summed E-state index contributed by atoms with van der Waals surface area (Å²) in [4.78, 5) is 11.1. The Labute approximate surface area is 85.3 Å². The van der Waals surface area contributed by atoms with Gasteiger partial charge in [0.25, 0.3) is 0 Å². The summed E-state index contributed by atoms with van der Waals surface area (Å²) >= 11 is 0. The Kier molecular flexibility index (Phi) is 2.34. The van der Waals surface area contributed by atoms with Crippen LogP contribution in [0.15, 0.2) is 0 Å². The van der Waals surface area contributed by atoms with E-state index in [-0.39, 0.29) is 6.42 Å². The molecule has 0 radical (unpaired) electrons. The first-order valence-corrected chi connectivity index (χ1v) is 4.65. The molecule has 5 atom stereocenters. The van der Waals surface area contributed by atoms with E-state index < -0.39 is 42.7 Å². The smallest absolute Gasteiger partial charge is 0.408 e. The highest BCUT2D eigenvalue weighted by Gasteiger charge is 2.57. The molecule has 0 aromatic rings. The molecule has 1 saturated heterocycles. The highest BCUT2D eigenvalue weighted by atomic mass is 16.6. The first-order valence-electron chi connectivity index (χ1n) is 4.65. The zero-order valence-corrected chi connectivity index (χ0v) is 7.83. The number of aliphatic hydroxyl groups excluding tert-OH is 4. The van der Waals surface area contributed by atoms with E-state index in [2.05, 4.69) is 5.32 Å². The second-order valence-corrected chi connectivity index (χ2v) is 3.99. The largest absolute Gasteiger partial charge is 0.438 e. The molecule has 7 nitrogen and oxygen atoms in total. The van der Waals surface area contributed by atoms with Gasteiger partial charge in [0.05, 0.1) is 12.6 Å². The number of ether oxygens (including phenoxy) is 1. The summed E-state index contributed by atoms with van der Waals surface area (Å²) in [5.74, 6) is 0. The van der Waals surface area contributed by atoms with Gasteiger partial charge in [0.15, 0.2) is 5.60 Å². The van der Waals surface area contributed by atoms with Gasteiger partial charge in [-0.25, -0.2) is 4.79 Å². The topological polar surface area (TPSA) is 119 Å². The number of hydrogen-bond acceptors (Lipinski definition) is 6. The maximum Gasteiger partial charge on any atom is 0.408 e. The summed E-state index contributed by atoms with van der Waals surface area (Å²) in [5, 5.41) is 40.1. The average Bonchev–Trinajstić information content (AvgIpc) is 2.23. The Bertz CT molecular complexity index is 284. The lowest BCUT2D eigenvalue weighted by molar-refractivity contribution is -0.219. The Balaban J connectivity index is 2.32. The van der Waals surface area contributed by atoms with Crippen LogP contribution in [-0.4, -0.2) is 63.1 Å². The molecule has 5 N–H and O–H groups in total. The number of rotatable bonds is 1. The Morgan fingerprint density at radius 2 is 2.07 bits per heavy atom. The normalized spacial score (nSPS) is 49.5. The number of fused-ring (bicyclic) bond motifs is 2. The van der Waals surface area contributed by atoms with Crippen molar-refractivity contribution in [3.8, 4) is 0 Å². The number of hydrogen-bond donors (Lipinski definition) is 5. The fourth-order valence-electron chi connectivity index (χ4n) is 2.14. The van der Waals surface area contributed by atoms with Crippen molar-refractivity contribution in [2.45, 2.75) is 36.4 Å². The lowest BCUT2D eigenvalue weighted by Crippen LogP contribution is -2.72. The van der Waals surface area contributed by atoms with Crippen molar-refractivity contribution in [1.29, 1.82) is 0 Å². The molecule has 1 heterocycles. The minimum Gasteiger partial charge on any atom is -0.438 e. The maximum atomic E-state index is 11.1. The van der Waals surface area contributed by atoms with E-state index in [1.165, 1.54) is 0 Å². The van der Waals surface area contributed by atoms with Crippen molar-refractivity contribution in [2.24, 2.45) is 0 Å². The van der Waals surface area contributed by atoms with E-state index >= 15 is 0 Å². The maximum absolute atomic E-state index is 11.1. The first-order chi connectivity index (χ1) is 7.00. The van der Waals surface area contributed by atoms with Gasteiger partial charge in [-0.05, 0) is 0 Å². The van der Waals surface area contributed by atoms with Crippen LogP contribution in [0.5, 0.6) is 0 Å². The molecule has 2 aliphatic rings. The molecule has 2 fully saturated rings. The molecule has 15 heavy (non-hydrogen) atoms. The summed E-state index contributed by atoms with van der Waals surface area (Å²) in [6, 6.07) is -0.711. The first kappa shape index (κ1) is 10.6. The van der Waals surface area contributed by atoms with Gasteiger partial charge in [-0.2, -0.15) is 0 Å². The molecule has 86 valence electrons. The predicted molar refractivity (Wildman–Crippen MR) is 45.9 cm³/mol. The Morgan fingerprint density at radius 1 is 1.40 bits per heavy atom. The van der Waals surface area contributed by atoms with Gasteiger partial charge in [0, 0.05) is 6.42 Å². The lowest BCUT2D eigenvalue weighted by Gasteiger charge is -2.50. The van der Waals surface area contributed by atoms with Gasteiger partial charge in [-0.15, -0.1) is 0 Å². The van der Waals surface area contributed by atoms with Crippen LogP contribution in [0.4, 0.5) is 4.79 Å². The van der Waals surface area contributed by atoms with Crippen LogP contribution < -0.4 is 5.32 Å². The van der Waals surface area contributed by atoms with Crippen molar-refractivity contribution >= 4 is 6.09 Å². The van der Waals surface area contributed by atoms with E-state index in [0.29, 0.717) is 0 Å². The number of aliphatic hydroxyl groups is 4. The van der Waals surface area contributed by atoms with Crippen LogP contribution in [0.1, 0.15) is 6.42 Å². The molecule has 0 unspecified atom stereocenters. The van der Waals surface area contributed by atoms with E-state index in [4.69, 9.17) is 9.84 Å². The zero-order chi connectivity index (χ0) is 11.2. The van der Waals surface area contributed by atoms with Gasteiger partial charge in [0.2, 0.25) is 0 Å². The van der Waals surface area contributed by atoms with Crippen molar-refractivity contribution in [2.75, 3.05) is 6.61 Å². The molecule has 1 amide bonds. The summed E-state index contributed by atoms with van der Waals surface area (Å²) < 4.78 is 4.80. The van der Waals surface area contributed by atoms with Crippen molar-refractivity contribution in [1.82, 2.24) is 5.32 Å². The van der Waals surface area contributed by atoms with Crippen molar-refractivity contribution < 1.29 is 30.0 Å². The molecule has 2 rings (SSSR count). The van der Waals surface area contributed by atoms with Crippen LogP contribution in [-0.2, 0) is 4.74 Å². The number of amides is 1. The van der Waals surface area contributed by atoms with Crippen LogP contribution in [0.2, 0.25) is 0 Å². The van der Waals surface area contributed by atoms with E-state index in [1.54, 1.807) is 0 Å². The molecule has 2 bridgehead atoms. The Morgan fingerprint density at radius 3 is 2.67 bits per heavy atom. The Hall–Kier alpha value is -0.890. The fraction of sp³-hybridized carbons (Fsp3) is 0.875. The highest BCUT2D eigenvalue weighted by Crippen LogP contribution is 2.35. The van der Waals surface area contributed by atoms with Crippen LogP contribution in [0, 0.1) is 0 Å². The third-order valence-electron chi connectivity index (χ3n) is 3.06. The molecular weight excluding hydrogens is 206 g/mol. The molecular formula is C8H13NO6. The molecule has 1 saturated carbocycles. The standard InChI is InChI=1S/C8H13NO6/c10-2-8-1-3(9-7(14)15-8)4(11)5(12)6(8)13/h3-6,10-13H,1-2H2,(H,9,14)/t3-,4+,5+,6+,8-/m0/s1. The minimum absolute atomic E-state index is 0.0641. The fourth-order valence-corrected chi connectivity index (χ4v) is 2.14. The summed E-state index contributed by atoms with van der Waals surface area (Å²) in [6.07, 6.45) is -4.94. The minimum atomic E-state index is -1.51. The van der Waals surface area contributed by atoms with Gasteiger partial charge in [-0.3, -0.25) is 0 Å². The number of carbonyl (C=O) groups excluding carboxylic acids is 1. The van der Waals surface area contributed by atoms with Crippen molar-refractivity contribution in [3.05, 3.63) is 0 Å². The predicted octanol–water partition coefficient (Wildman–Crippen LogP) is -2.69. The van der Waals surface area contributed by atoms with Crippen molar-refractivity contribution in [3.63, 3.8) is 0 Å². The second-order valence-electron chi connectivity index (χ2n) is 3.99. The van der Waals surface area contributed by atoms with Gasteiger partial charge in [0.1, 0.15) is 18.3 Å². The number of nitrogens with one attached hydrogen (secondary N) is 1. The SMILES string of the molecule is O=C1N[C@H]2C[C@@](CO)(O1)[C@H](O)[C@H](O)[C@@H]2O. The van der Waals surface area contributed by atoms with Crippen LogP contribution >= 0.6 is 0 Å². The molecule has 7 heteroatoms. The zero-order valence-electron chi connectivity index (χ0n) is 7.83. The third kappa shape index (κ3) is 1.39. The molecule has 1 aliphatic heterocycles. The van der Waals surface area contributed by atoms with E-state index in [0.717, 1.165) is 0 Å². The third-order valence-corrected chi connectivity index (χ3v) is 3.06. The molecule has 0 aromatic heterocycles. The summed E-state index contributed by atoms with van der Waals surface area (Å²) in [7, 11) is 0. The second kappa shape index (κ2) is 3.31. The molecule has 0 spiro atoms. The average molecular weight is 219 g/mol. The van der Waals surface area contributed by atoms with Crippen LogP contribution in [0.25, 0.3) is 0 Å². The van der Waals surface area contributed by atoms with Gasteiger partial charge in [-0.1, -0.05) is 0 Å². The molecule has 1 aliphatic carbocycles. The van der Waals surface area contributed by atoms with E-state index in [9.17, 15) is 20.1 Å². The quantitative estimate of drug-likeness (QED) is 0.328. The highest BCUT2D eigenvalue weighted by molar-refractivity contribution is 5.69. The van der Waals surface area contributed by atoms with Gasteiger partial charge < -0.3 is 30.5 Å². The lowest BCUT2D eigenvalue weighted by atomic mass is 9.75. The monoisotopic (exact) mass is 219 g/mol. The van der Waals surface area contributed by atoms with E-state index in [1.807, 2.05) is 0 Å².